The molecule has 1 unspecified atom stereocenters. The first kappa shape index (κ1) is 13.4. The Morgan fingerprint density at radius 2 is 2.37 bits per heavy atom. The monoisotopic (exact) mass is 265 g/mol. The summed E-state index contributed by atoms with van der Waals surface area (Å²) in [5, 5.41) is 2.80. The molecule has 1 atom stereocenters. The number of carbonyl (C=O) groups is 1. The maximum Gasteiger partial charge on any atom is 0.245 e. The number of hydrogen-bond acceptors (Lipinski definition) is 6. The number of likely N-dealkylation sites (N-methyl/N-ethyl adjacent to an activating group) is 1. The van der Waals surface area contributed by atoms with Crippen molar-refractivity contribution in [1.82, 2.24) is 10.3 Å². The van der Waals surface area contributed by atoms with Crippen molar-refractivity contribution in [2.45, 2.75) is 13.0 Å². The number of aromatic nitrogens is 1. The molecule has 2 rings (SSSR count). The SMILES string of the molecule is CCNC(=O)C1COCCN1c1ccc(N)c(N)n1. The minimum atomic E-state index is -0.385. The van der Waals surface area contributed by atoms with Gasteiger partial charge in [-0.3, -0.25) is 4.79 Å². The smallest absolute Gasteiger partial charge is 0.245 e. The van der Waals surface area contributed by atoms with Gasteiger partial charge in [-0.2, -0.15) is 0 Å². The molecule has 1 aliphatic rings. The number of nitrogens with zero attached hydrogens (tertiary/aromatic N) is 2. The van der Waals surface area contributed by atoms with Crippen LogP contribution in [0.4, 0.5) is 17.3 Å². The van der Waals surface area contributed by atoms with Gasteiger partial charge in [0.15, 0.2) is 0 Å². The molecule has 104 valence electrons. The standard InChI is InChI=1S/C12H19N5O2/c1-2-15-12(18)9-7-19-6-5-17(9)10-4-3-8(13)11(14)16-10/h3-4,9H,2,5-7,13H2,1H3,(H2,14,16)(H,15,18). The van der Waals surface area contributed by atoms with Crippen molar-refractivity contribution in [2.24, 2.45) is 0 Å². The van der Waals surface area contributed by atoms with Gasteiger partial charge in [0.1, 0.15) is 17.7 Å². The van der Waals surface area contributed by atoms with E-state index in [1.54, 1.807) is 12.1 Å². The van der Waals surface area contributed by atoms with Crippen molar-refractivity contribution in [3.63, 3.8) is 0 Å². The van der Waals surface area contributed by atoms with Crippen LogP contribution in [0.15, 0.2) is 12.1 Å². The second-order valence-corrected chi connectivity index (χ2v) is 4.32. The van der Waals surface area contributed by atoms with E-state index in [0.717, 1.165) is 0 Å². The molecule has 1 aromatic rings. The van der Waals surface area contributed by atoms with Crippen LogP contribution in [0.25, 0.3) is 0 Å². The third-order valence-electron chi connectivity index (χ3n) is 3.02. The summed E-state index contributed by atoms with van der Waals surface area (Å²) >= 11 is 0. The van der Waals surface area contributed by atoms with Crippen molar-refractivity contribution >= 4 is 23.2 Å². The number of morpholine rings is 1. The van der Waals surface area contributed by atoms with E-state index >= 15 is 0 Å². The highest BCUT2D eigenvalue weighted by molar-refractivity contribution is 5.85. The summed E-state index contributed by atoms with van der Waals surface area (Å²) in [5.41, 5.74) is 11.8. The summed E-state index contributed by atoms with van der Waals surface area (Å²) in [7, 11) is 0. The zero-order chi connectivity index (χ0) is 13.8. The first-order valence-electron chi connectivity index (χ1n) is 6.27. The molecule has 0 spiro atoms. The minimum absolute atomic E-state index is 0.0700. The summed E-state index contributed by atoms with van der Waals surface area (Å²) < 4.78 is 5.37. The van der Waals surface area contributed by atoms with Crippen LogP contribution in [0.3, 0.4) is 0 Å². The van der Waals surface area contributed by atoms with Gasteiger partial charge >= 0.3 is 0 Å². The van der Waals surface area contributed by atoms with Gasteiger partial charge in [0.2, 0.25) is 5.91 Å². The predicted octanol–water partition coefficient (Wildman–Crippen LogP) is -0.413. The number of carbonyl (C=O) groups excluding carboxylic acids is 1. The van der Waals surface area contributed by atoms with Crippen molar-refractivity contribution in [2.75, 3.05) is 42.7 Å². The van der Waals surface area contributed by atoms with Crippen molar-refractivity contribution in [3.05, 3.63) is 12.1 Å². The molecule has 7 nitrogen and oxygen atoms in total. The lowest BCUT2D eigenvalue weighted by atomic mass is 10.2. The first-order chi connectivity index (χ1) is 9.13. The van der Waals surface area contributed by atoms with Gasteiger partial charge < -0.3 is 26.4 Å². The zero-order valence-corrected chi connectivity index (χ0v) is 10.9. The van der Waals surface area contributed by atoms with Gasteiger partial charge in [0.05, 0.1) is 18.9 Å². The third-order valence-corrected chi connectivity index (χ3v) is 3.02. The molecule has 0 radical (unpaired) electrons. The van der Waals surface area contributed by atoms with Gasteiger partial charge in [0, 0.05) is 13.1 Å². The number of pyridine rings is 1. The van der Waals surface area contributed by atoms with Crippen molar-refractivity contribution in [1.29, 1.82) is 0 Å². The maximum atomic E-state index is 12.0. The number of nitrogens with one attached hydrogen (secondary N) is 1. The number of nitrogens with two attached hydrogens (primary N) is 2. The first-order valence-corrected chi connectivity index (χ1v) is 6.27. The van der Waals surface area contributed by atoms with E-state index in [0.29, 0.717) is 37.8 Å². The van der Waals surface area contributed by atoms with Crippen molar-refractivity contribution in [3.8, 4) is 0 Å². The third kappa shape index (κ3) is 2.87. The number of ether oxygens (including phenoxy) is 1. The molecule has 0 aliphatic carbocycles. The lowest BCUT2D eigenvalue weighted by Crippen LogP contribution is -2.54. The predicted molar refractivity (Wildman–Crippen MR) is 73.7 cm³/mol. The second kappa shape index (κ2) is 5.75. The molecule has 1 amide bonds. The highest BCUT2D eigenvalue weighted by atomic mass is 16.5. The molecule has 1 aliphatic heterocycles. The number of rotatable bonds is 3. The van der Waals surface area contributed by atoms with Gasteiger partial charge in [0.25, 0.3) is 0 Å². The van der Waals surface area contributed by atoms with Crippen LogP contribution in [-0.2, 0) is 9.53 Å². The van der Waals surface area contributed by atoms with Crippen LogP contribution in [0.1, 0.15) is 6.92 Å². The summed E-state index contributed by atoms with van der Waals surface area (Å²) in [5.74, 6) is 0.851. The quantitative estimate of drug-likeness (QED) is 0.686. The molecule has 0 aromatic carbocycles. The van der Waals surface area contributed by atoms with E-state index < -0.39 is 0 Å². The van der Waals surface area contributed by atoms with E-state index in [9.17, 15) is 4.79 Å². The Labute approximate surface area is 111 Å². The topological polar surface area (TPSA) is 106 Å². The van der Waals surface area contributed by atoms with Crippen LogP contribution in [0.2, 0.25) is 0 Å². The fourth-order valence-electron chi connectivity index (χ4n) is 2.02. The number of anilines is 3. The van der Waals surface area contributed by atoms with Gasteiger partial charge in [-0.25, -0.2) is 4.98 Å². The fraction of sp³-hybridized carbons (Fsp3) is 0.500. The molecule has 7 heteroatoms. The molecule has 2 heterocycles. The Bertz CT molecular complexity index is 465. The Kier molecular flexibility index (Phi) is 4.06. The molecule has 1 aromatic heterocycles. The highest BCUT2D eigenvalue weighted by Crippen LogP contribution is 2.22. The molecular formula is C12H19N5O2. The fourth-order valence-corrected chi connectivity index (χ4v) is 2.02. The van der Waals surface area contributed by atoms with Crippen LogP contribution in [0, 0.1) is 0 Å². The Morgan fingerprint density at radius 1 is 1.58 bits per heavy atom. The summed E-state index contributed by atoms with van der Waals surface area (Å²) in [6.45, 7) is 3.96. The summed E-state index contributed by atoms with van der Waals surface area (Å²) in [6.07, 6.45) is 0. The largest absolute Gasteiger partial charge is 0.396 e. The summed E-state index contributed by atoms with van der Waals surface area (Å²) in [6, 6.07) is 3.08. The second-order valence-electron chi connectivity index (χ2n) is 4.32. The van der Waals surface area contributed by atoms with E-state index in [2.05, 4.69) is 10.3 Å². The average molecular weight is 265 g/mol. The van der Waals surface area contributed by atoms with Crippen LogP contribution in [0.5, 0.6) is 0 Å². The minimum Gasteiger partial charge on any atom is -0.396 e. The van der Waals surface area contributed by atoms with Crippen LogP contribution in [-0.4, -0.2) is 43.2 Å². The molecule has 0 saturated carbocycles. The molecule has 19 heavy (non-hydrogen) atoms. The van der Waals surface area contributed by atoms with Crippen LogP contribution >= 0.6 is 0 Å². The summed E-state index contributed by atoms with van der Waals surface area (Å²) in [4.78, 5) is 18.1. The molecule has 1 fully saturated rings. The molecular weight excluding hydrogens is 246 g/mol. The van der Waals surface area contributed by atoms with Gasteiger partial charge in [-0.1, -0.05) is 0 Å². The van der Waals surface area contributed by atoms with E-state index in [1.165, 1.54) is 0 Å². The average Bonchev–Trinajstić information content (AvgIpc) is 2.42. The number of hydrogen-bond donors (Lipinski definition) is 3. The Balaban J connectivity index is 2.23. The van der Waals surface area contributed by atoms with Crippen LogP contribution < -0.4 is 21.7 Å². The maximum absolute atomic E-state index is 12.0. The number of nitrogen functional groups attached to an aromatic ring is 2. The Morgan fingerprint density at radius 3 is 3.05 bits per heavy atom. The molecule has 1 saturated heterocycles. The lowest BCUT2D eigenvalue weighted by Gasteiger charge is -2.35. The van der Waals surface area contributed by atoms with Gasteiger partial charge in [-0.05, 0) is 19.1 Å². The van der Waals surface area contributed by atoms with E-state index in [1.807, 2.05) is 11.8 Å². The number of amides is 1. The zero-order valence-electron chi connectivity index (χ0n) is 10.9. The Hall–Kier alpha value is -2.02. The van der Waals surface area contributed by atoms with E-state index in [-0.39, 0.29) is 17.8 Å². The highest BCUT2D eigenvalue weighted by Gasteiger charge is 2.30. The molecule has 0 bridgehead atoms. The molecule has 5 N–H and O–H groups in total. The van der Waals surface area contributed by atoms with Gasteiger partial charge in [-0.15, -0.1) is 0 Å². The van der Waals surface area contributed by atoms with Crippen molar-refractivity contribution < 1.29 is 9.53 Å². The van der Waals surface area contributed by atoms with E-state index in [4.69, 9.17) is 16.2 Å². The normalized spacial score (nSPS) is 19.2. The lowest BCUT2D eigenvalue weighted by molar-refractivity contribution is -0.124.